The zero-order valence-corrected chi connectivity index (χ0v) is 16.7. The monoisotopic (exact) mass is 396 g/mol. The maximum atomic E-state index is 14.3. The third-order valence-corrected chi connectivity index (χ3v) is 5.90. The fourth-order valence-electron chi connectivity index (χ4n) is 3.82. The quantitative estimate of drug-likeness (QED) is 0.803. The Morgan fingerprint density at radius 1 is 1.24 bits per heavy atom. The number of nitrogens with zero attached hydrogens (tertiary/aromatic N) is 1. The molecule has 0 radical (unpaired) electrons. The number of aryl methyl sites for hydroxylation is 1. The van der Waals surface area contributed by atoms with Crippen molar-refractivity contribution >= 4 is 23.2 Å². The van der Waals surface area contributed by atoms with Gasteiger partial charge in [-0.25, -0.2) is 4.39 Å². The van der Waals surface area contributed by atoms with Crippen molar-refractivity contribution in [2.24, 2.45) is 5.92 Å². The fourth-order valence-corrected chi connectivity index (χ4v) is 3.82. The van der Waals surface area contributed by atoms with Crippen LogP contribution in [0, 0.1) is 11.7 Å². The average Bonchev–Trinajstić information content (AvgIpc) is 3.54. The molecule has 152 valence electrons. The third kappa shape index (κ3) is 3.77. The van der Waals surface area contributed by atoms with Gasteiger partial charge in [0.2, 0.25) is 5.91 Å². The third-order valence-electron chi connectivity index (χ3n) is 5.90. The van der Waals surface area contributed by atoms with Crippen LogP contribution in [-0.4, -0.2) is 25.5 Å². The van der Waals surface area contributed by atoms with Crippen LogP contribution in [0.2, 0.25) is 0 Å². The summed E-state index contributed by atoms with van der Waals surface area (Å²) in [6.07, 6.45) is 3.48. The molecule has 4 rings (SSSR count). The van der Waals surface area contributed by atoms with Crippen molar-refractivity contribution in [3.63, 3.8) is 0 Å². The minimum Gasteiger partial charge on any atom is -0.364 e. The molecule has 5 nitrogen and oxygen atoms in total. The van der Waals surface area contributed by atoms with E-state index >= 15 is 0 Å². The Balaban J connectivity index is 1.57. The molecule has 1 N–H and O–H groups in total. The first-order valence-corrected chi connectivity index (χ1v) is 9.97. The summed E-state index contributed by atoms with van der Waals surface area (Å²) in [6.45, 7) is 2.32. The molecule has 2 aromatic carbocycles. The summed E-state index contributed by atoms with van der Waals surface area (Å²) in [5, 5.41) is 2.85. The predicted molar refractivity (Wildman–Crippen MR) is 109 cm³/mol. The standard InChI is InChI=1S/C23H25FN2O3/c1-23(29-2,18-5-3-4-6-19(18)24)22(28)25-17-10-11-20-16(13-17)9-12-21(27)26(20)14-15-7-8-15/h3-6,10-11,13,15H,7-9,12,14H2,1-2H3,(H,25,28). The number of methoxy groups -OCH3 is 1. The number of rotatable bonds is 6. The second-order valence-corrected chi connectivity index (χ2v) is 7.96. The molecule has 1 fully saturated rings. The summed E-state index contributed by atoms with van der Waals surface area (Å²) in [5.74, 6) is -0.182. The molecule has 2 aliphatic rings. The lowest BCUT2D eigenvalue weighted by Crippen LogP contribution is -2.40. The molecule has 0 aromatic heterocycles. The molecule has 2 amide bonds. The van der Waals surface area contributed by atoms with E-state index in [0.717, 1.165) is 17.8 Å². The molecule has 2 aromatic rings. The smallest absolute Gasteiger partial charge is 0.261 e. The van der Waals surface area contributed by atoms with Crippen LogP contribution in [0.15, 0.2) is 42.5 Å². The first-order chi connectivity index (χ1) is 13.9. The topological polar surface area (TPSA) is 58.6 Å². The molecule has 0 bridgehead atoms. The number of hydrogen-bond acceptors (Lipinski definition) is 3. The van der Waals surface area contributed by atoms with Crippen molar-refractivity contribution in [1.82, 2.24) is 0 Å². The number of nitrogens with one attached hydrogen (secondary N) is 1. The zero-order valence-electron chi connectivity index (χ0n) is 16.7. The normalized spacial score (nSPS) is 18.2. The summed E-state index contributed by atoms with van der Waals surface area (Å²) < 4.78 is 19.7. The first-order valence-electron chi connectivity index (χ1n) is 9.97. The Bertz CT molecular complexity index is 957. The van der Waals surface area contributed by atoms with E-state index in [1.807, 2.05) is 17.0 Å². The fraction of sp³-hybridized carbons (Fsp3) is 0.391. The van der Waals surface area contributed by atoms with Crippen LogP contribution in [0.25, 0.3) is 0 Å². The van der Waals surface area contributed by atoms with Crippen LogP contribution in [0.5, 0.6) is 0 Å². The van der Waals surface area contributed by atoms with E-state index in [2.05, 4.69) is 5.32 Å². The summed E-state index contributed by atoms with van der Waals surface area (Å²) in [5.41, 5.74) is 1.28. The minimum atomic E-state index is -1.46. The second kappa shape index (κ2) is 7.59. The minimum absolute atomic E-state index is 0.160. The van der Waals surface area contributed by atoms with E-state index in [9.17, 15) is 14.0 Å². The number of anilines is 2. The molecule has 6 heteroatoms. The Morgan fingerprint density at radius 2 is 2.00 bits per heavy atom. The Labute approximate surface area is 169 Å². The van der Waals surface area contributed by atoms with Gasteiger partial charge in [-0.15, -0.1) is 0 Å². The molecule has 0 saturated heterocycles. The lowest BCUT2D eigenvalue weighted by Gasteiger charge is -2.31. The first kappa shape index (κ1) is 19.6. The number of fused-ring (bicyclic) bond motifs is 1. The van der Waals surface area contributed by atoms with E-state index in [1.165, 1.54) is 26.0 Å². The van der Waals surface area contributed by atoms with Gasteiger partial charge in [0, 0.05) is 37.0 Å². The highest BCUT2D eigenvalue weighted by molar-refractivity contribution is 6.00. The van der Waals surface area contributed by atoms with Crippen molar-refractivity contribution in [3.8, 4) is 0 Å². The Hall–Kier alpha value is -2.73. The molecule has 1 unspecified atom stereocenters. The van der Waals surface area contributed by atoms with Gasteiger partial charge in [-0.05, 0) is 61.9 Å². The van der Waals surface area contributed by atoms with Crippen LogP contribution in [0.3, 0.4) is 0 Å². The molecular weight excluding hydrogens is 371 g/mol. The molecule has 29 heavy (non-hydrogen) atoms. The van der Waals surface area contributed by atoms with E-state index < -0.39 is 17.3 Å². The van der Waals surface area contributed by atoms with Gasteiger partial charge in [0.15, 0.2) is 5.60 Å². The lowest BCUT2D eigenvalue weighted by atomic mass is 9.93. The van der Waals surface area contributed by atoms with Gasteiger partial charge in [-0.2, -0.15) is 0 Å². The van der Waals surface area contributed by atoms with Gasteiger partial charge in [-0.3, -0.25) is 9.59 Å². The van der Waals surface area contributed by atoms with Crippen LogP contribution in [0.4, 0.5) is 15.8 Å². The van der Waals surface area contributed by atoms with Crippen molar-refractivity contribution in [3.05, 3.63) is 59.4 Å². The number of carbonyl (C=O) groups is 2. The molecule has 1 aliphatic heterocycles. The van der Waals surface area contributed by atoms with Gasteiger partial charge in [0.05, 0.1) is 0 Å². The number of benzene rings is 2. The van der Waals surface area contributed by atoms with Gasteiger partial charge in [0.1, 0.15) is 5.82 Å². The summed E-state index contributed by atoms with van der Waals surface area (Å²) in [7, 11) is 1.39. The number of ether oxygens (including phenoxy) is 1. The van der Waals surface area contributed by atoms with Crippen molar-refractivity contribution in [2.45, 2.75) is 38.2 Å². The highest BCUT2D eigenvalue weighted by Crippen LogP contribution is 2.36. The Morgan fingerprint density at radius 3 is 2.69 bits per heavy atom. The van der Waals surface area contributed by atoms with Gasteiger partial charge < -0.3 is 15.0 Å². The number of amides is 2. The van der Waals surface area contributed by atoms with Crippen LogP contribution >= 0.6 is 0 Å². The number of halogens is 1. The van der Waals surface area contributed by atoms with Gasteiger partial charge in [-0.1, -0.05) is 18.2 Å². The van der Waals surface area contributed by atoms with Gasteiger partial charge >= 0.3 is 0 Å². The van der Waals surface area contributed by atoms with E-state index in [4.69, 9.17) is 4.74 Å². The molecule has 1 saturated carbocycles. The van der Waals surface area contributed by atoms with Crippen molar-refractivity contribution < 1.29 is 18.7 Å². The van der Waals surface area contributed by atoms with Crippen molar-refractivity contribution in [2.75, 3.05) is 23.9 Å². The summed E-state index contributed by atoms with van der Waals surface area (Å²) >= 11 is 0. The molecule has 1 heterocycles. The summed E-state index contributed by atoms with van der Waals surface area (Å²) in [4.78, 5) is 27.2. The molecule has 1 aliphatic carbocycles. The van der Waals surface area contributed by atoms with Crippen LogP contribution < -0.4 is 10.2 Å². The average molecular weight is 396 g/mol. The van der Waals surface area contributed by atoms with E-state index in [-0.39, 0.29) is 11.5 Å². The highest BCUT2D eigenvalue weighted by atomic mass is 19.1. The highest BCUT2D eigenvalue weighted by Gasteiger charge is 2.38. The largest absolute Gasteiger partial charge is 0.364 e. The molecule has 0 spiro atoms. The SMILES string of the molecule is COC(C)(C(=O)Nc1ccc2c(c1)CCC(=O)N2CC1CC1)c1ccccc1F. The molecular formula is C23H25FN2O3. The van der Waals surface area contributed by atoms with Crippen molar-refractivity contribution in [1.29, 1.82) is 0 Å². The van der Waals surface area contributed by atoms with E-state index in [0.29, 0.717) is 24.4 Å². The lowest BCUT2D eigenvalue weighted by molar-refractivity contribution is -0.137. The second-order valence-electron chi connectivity index (χ2n) is 7.96. The van der Waals surface area contributed by atoms with Gasteiger partial charge in [0.25, 0.3) is 5.91 Å². The number of hydrogen-bond donors (Lipinski definition) is 1. The van der Waals surface area contributed by atoms with Crippen LogP contribution in [0.1, 0.15) is 37.3 Å². The molecule has 1 atom stereocenters. The summed E-state index contributed by atoms with van der Waals surface area (Å²) in [6, 6.07) is 11.7. The zero-order chi connectivity index (χ0) is 20.6. The number of carbonyl (C=O) groups excluding carboxylic acids is 2. The van der Waals surface area contributed by atoms with E-state index in [1.54, 1.807) is 31.2 Å². The Kier molecular flexibility index (Phi) is 5.13. The maximum absolute atomic E-state index is 14.3. The predicted octanol–water partition coefficient (Wildman–Crippen LogP) is 4.02. The maximum Gasteiger partial charge on any atom is 0.261 e. The van der Waals surface area contributed by atoms with Crippen LogP contribution in [-0.2, 0) is 26.3 Å².